The molecule has 0 saturated heterocycles. The predicted molar refractivity (Wildman–Crippen MR) is 57.3 cm³/mol. The highest BCUT2D eigenvalue weighted by Gasteiger charge is 2.08. The van der Waals surface area contributed by atoms with Gasteiger partial charge in [-0.1, -0.05) is 11.3 Å². The molecule has 1 aromatic carbocycles. The number of thiophene rings is 1. The monoisotopic (exact) mass is 212 g/mol. The van der Waals surface area contributed by atoms with Crippen molar-refractivity contribution < 1.29 is 9.84 Å². The van der Waals surface area contributed by atoms with Gasteiger partial charge in [0.25, 0.3) is 0 Å². The molecule has 0 saturated carbocycles. The molecule has 2 rings (SSSR count). The number of fused-ring (bicyclic) bond motifs is 1. The minimum atomic E-state index is 0.298. The SMILES string of the molecule is COc1c(S)ccc2sc(O)cc12. The summed E-state index contributed by atoms with van der Waals surface area (Å²) in [4.78, 5) is 0.785. The van der Waals surface area contributed by atoms with E-state index in [1.165, 1.54) is 11.3 Å². The van der Waals surface area contributed by atoms with Crippen molar-refractivity contribution in [2.75, 3.05) is 7.11 Å². The fraction of sp³-hybridized carbons (Fsp3) is 0.111. The lowest BCUT2D eigenvalue weighted by atomic mass is 10.2. The van der Waals surface area contributed by atoms with Gasteiger partial charge in [-0.25, -0.2) is 0 Å². The highest BCUT2D eigenvalue weighted by Crippen LogP contribution is 2.39. The summed E-state index contributed by atoms with van der Waals surface area (Å²) >= 11 is 5.59. The van der Waals surface area contributed by atoms with Gasteiger partial charge < -0.3 is 9.84 Å². The van der Waals surface area contributed by atoms with Gasteiger partial charge in [-0.3, -0.25) is 0 Å². The summed E-state index contributed by atoms with van der Waals surface area (Å²) in [5, 5.41) is 10.5. The zero-order valence-electron chi connectivity index (χ0n) is 6.94. The molecule has 0 aliphatic rings. The molecule has 68 valence electrons. The summed E-state index contributed by atoms with van der Waals surface area (Å²) in [5.74, 6) is 0.720. The maximum atomic E-state index is 9.30. The molecule has 0 amide bonds. The molecule has 2 aromatic rings. The number of methoxy groups -OCH3 is 1. The third-order valence-electron chi connectivity index (χ3n) is 1.82. The maximum absolute atomic E-state index is 9.30. The van der Waals surface area contributed by atoms with Crippen LogP contribution in [0, 0.1) is 0 Å². The predicted octanol–water partition coefficient (Wildman–Crippen LogP) is 2.90. The van der Waals surface area contributed by atoms with Gasteiger partial charge in [0.05, 0.1) is 7.11 Å². The topological polar surface area (TPSA) is 29.5 Å². The summed E-state index contributed by atoms with van der Waals surface area (Å²) in [7, 11) is 1.60. The van der Waals surface area contributed by atoms with Crippen LogP contribution in [0.15, 0.2) is 23.1 Å². The fourth-order valence-corrected chi connectivity index (χ4v) is 2.36. The van der Waals surface area contributed by atoms with E-state index in [4.69, 9.17) is 4.74 Å². The second kappa shape index (κ2) is 3.12. The summed E-state index contributed by atoms with van der Waals surface area (Å²) < 4.78 is 6.20. The zero-order chi connectivity index (χ0) is 9.42. The quantitative estimate of drug-likeness (QED) is 0.712. The Morgan fingerprint density at radius 1 is 1.46 bits per heavy atom. The molecule has 0 radical (unpaired) electrons. The molecule has 1 heterocycles. The third-order valence-corrected chi connectivity index (χ3v) is 3.08. The van der Waals surface area contributed by atoms with Crippen LogP contribution in [-0.4, -0.2) is 12.2 Å². The first-order valence-corrected chi connectivity index (χ1v) is 4.97. The van der Waals surface area contributed by atoms with Crippen LogP contribution in [0.4, 0.5) is 0 Å². The van der Waals surface area contributed by atoms with Crippen molar-refractivity contribution in [3.05, 3.63) is 18.2 Å². The molecule has 0 bridgehead atoms. The standard InChI is InChI=1S/C9H8O2S2/c1-11-9-5-4-8(10)13-7(5)3-2-6(9)12/h2-4,10,12H,1H3. The molecular weight excluding hydrogens is 204 g/mol. The van der Waals surface area contributed by atoms with E-state index in [2.05, 4.69) is 12.6 Å². The first-order chi connectivity index (χ1) is 6.22. The maximum Gasteiger partial charge on any atom is 0.172 e. The summed E-state index contributed by atoms with van der Waals surface area (Å²) in [5.41, 5.74) is 0. The second-order valence-electron chi connectivity index (χ2n) is 2.61. The average Bonchev–Trinajstić information content (AvgIpc) is 2.45. The van der Waals surface area contributed by atoms with E-state index < -0.39 is 0 Å². The van der Waals surface area contributed by atoms with E-state index in [1.54, 1.807) is 13.2 Å². The molecule has 0 unspecified atom stereocenters. The molecule has 0 aliphatic heterocycles. The van der Waals surface area contributed by atoms with Crippen LogP contribution in [0.3, 0.4) is 0 Å². The average molecular weight is 212 g/mol. The van der Waals surface area contributed by atoms with Gasteiger partial charge in [-0.2, -0.15) is 0 Å². The van der Waals surface area contributed by atoms with E-state index in [0.29, 0.717) is 5.06 Å². The van der Waals surface area contributed by atoms with Crippen molar-refractivity contribution in [3.63, 3.8) is 0 Å². The Morgan fingerprint density at radius 2 is 2.23 bits per heavy atom. The highest BCUT2D eigenvalue weighted by atomic mass is 32.1. The molecule has 13 heavy (non-hydrogen) atoms. The number of benzene rings is 1. The molecule has 1 aromatic heterocycles. The van der Waals surface area contributed by atoms with Crippen molar-refractivity contribution in [3.8, 4) is 10.8 Å². The Hall–Kier alpha value is -0.870. The largest absolute Gasteiger partial charge is 0.499 e. The molecule has 0 fully saturated rings. The van der Waals surface area contributed by atoms with E-state index in [9.17, 15) is 5.11 Å². The Morgan fingerprint density at radius 3 is 2.92 bits per heavy atom. The third kappa shape index (κ3) is 1.36. The Labute approximate surface area is 85.2 Å². The van der Waals surface area contributed by atoms with Crippen molar-refractivity contribution >= 4 is 34.1 Å². The van der Waals surface area contributed by atoms with E-state index in [1.807, 2.05) is 12.1 Å². The number of hydrogen-bond acceptors (Lipinski definition) is 4. The van der Waals surface area contributed by atoms with Crippen molar-refractivity contribution in [2.24, 2.45) is 0 Å². The number of ether oxygens (including phenoxy) is 1. The number of aromatic hydroxyl groups is 1. The molecule has 0 spiro atoms. The number of rotatable bonds is 1. The summed E-state index contributed by atoms with van der Waals surface area (Å²) in [6.45, 7) is 0. The van der Waals surface area contributed by atoms with Gasteiger partial charge in [0.1, 0.15) is 5.75 Å². The van der Waals surface area contributed by atoms with Crippen LogP contribution < -0.4 is 4.74 Å². The first kappa shape index (κ1) is 8.72. The van der Waals surface area contributed by atoms with Crippen molar-refractivity contribution in [2.45, 2.75) is 4.90 Å². The van der Waals surface area contributed by atoms with Gasteiger partial charge >= 0.3 is 0 Å². The van der Waals surface area contributed by atoms with Crippen LogP contribution in [0.2, 0.25) is 0 Å². The lowest BCUT2D eigenvalue weighted by molar-refractivity contribution is 0.410. The van der Waals surface area contributed by atoms with Gasteiger partial charge in [0.2, 0.25) is 0 Å². The van der Waals surface area contributed by atoms with Gasteiger partial charge in [0, 0.05) is 21.0 Å². The number of hydrogen-bond donors (Lipinski definition) is 2. The van der Waals surface area contributed by atoms with Crippen LogP contribution >= 0.6 is 24.0 Å². The number of thiol groups is 1. The zero-order valence-corrected chi connectivity index (χ0v) is 8.65. The molecule has 0 atom stereocenters. The van der Waals surface area contributed by atoms with Gasteiger partial charge in [0.15, 0.2) is 5.06 Å². The summed E-state index contributed by atoms with van der Waals surface area (Å²) in [6, 6.07) is 5.48. The van der Waals surface area contributed by atoms with E-state index in [-0.39, 0.29) is 0 Å². The molecule has 2 nitrogen and oxygen atoms in total. The Bertz CT molecular complexity index is 448. The second-order valence-corrected chi connectivity index (χ2v) is 4.16. The van der Waals surface area contributed by atoms with Crippen LogP contribution in [-0.2, 0) is 0 Å². The normalized spacial score (nSPS) is 10.6. The lowest BCUT2D eigenvalue weighted by Gasteiger charge is -2.03. The lowest BCUT2D eigenvalue weighted by Crippen LogP contribution is -1.84. The minimum absolute atomic E-state index is 0.298. The van der Waals surface area contributed by atoms with E-state index in [0.717, 1.165) is 20.7 Å². The molecular formula is C9H8O2S2. The van der Waals surface area contributed by atoms with Crippen molar-refractivity contribution in [1.29, 1.82) is 0 Å². The van der Waals surface area contributed by atoms with Crippen molar-refractivity contribution in [1.82, 2.24) is 0 Å². The summed E-state index contributed by atoms with van der Waals surface area (Å²) in [6.07, 6.45) is 0. The Kier molecular flexibility index (Phi) is 2.09. The Balaban J connectivity index is 2.82. The van der Waals surface area contributed by atoms with Crippen LogP contribution in [0.25, 0.3) is 10.1 Å². The highest BCUT2D eigenvalue weighted by molar-refractivity contribution is 7.80. The van der Waals surface area contributed by atoms with Crippen LogP contribution in [0.5, 0.6) is 10.8 Å². The first-order valence-electron chi connectivity index (χ1n) is 3.71. The van der Waals surface area contributed by atoms with Gasteiger partial charge in [-0.05, 0) is 12.1 Å². The molecule has 4 heteroatoms. The molecule has 0 aliphatic carbocycles. The minimum Gasteiger partial charge on any atom is -0.499 e. The van der Waals surface area contributed by atoms with E-state index >= 15 is 0 Å². The molecule has 1 N–H and O–H groups in total. The fourth-order valence-electron chi connectivity index (χ4n) is 1.28. The van der Waals surface area contributed by atoms with Gasteiger partial charge in [-0.15, -0.1) is 12.6 Å². The van der Waals surface area contributed by atoms with Crippen LogP contribution in [0.1, 0.15) is 0 Å². The smallest absolute Gasteiger partial charge is 0.172 e.